The van der Waals surface area contributed by atoms with Gasteiger partial charge in [-0.05, 0) is 6.92 Å². The Morgan fingerprint density at radius 2 is 2.00 bits per heavy atom. The molecule has 1 aliphatic heterocycles. The van der Waals surface area contributed by atoms with Crippen LogP contribution in [0.15, 0.2) is 0 Å². The Bertz CT molecular complexity index is 87.7. The number of hydrogen-bond donors (Lipinski definition) is 2. The number of fused-ring (bicyclic) bond motifs is 1. The van der Waals surface area contributed by atoms with Crippen molar-refractivity contribution < 1.29 is 0 Å². The van der Waals surface area contributed by atoms with Crippen LogP contribution in [0.2, 0.25) is 0 Å². The Labute approximate surface area is 36.7 Å². The van der Waals surface area contributed by atoms with Gasteiger partial charge >= 0.3 is 0 Å². The molecule has 2 atom stereocenters. The largest absolute Gasteiger partial charge is 0.323 e. The van der Waals surface area contributed by atoms with E-state index in [1.165, 1.54) is 0 Å². The van der Waals surface area contributed by atoms with Gasteiger partial charge in [-0.2, -0.15) is 0 Å². The molecule has 0 bridgehead atoms. The van der Waals surface area contributed by atoms with Crippen molar-refractivity contribution in [2.24, 2.45) is 5.73 Å². The number of hydrogen-bond acceptors (Lipinski definition) is 2. The second-order valence-electron chi connectivity index (χ2n) is 2.49. The quantitative estimate of drug-likeness (QED) is 0.372. The topological polar surface area (TPSA) is 48.0 Å². The molecule has 2 heteroatoms. The first kappa shape index (κ1) is 2.99. The molecule has 0 aromatic carbocycles. The summed E-state index contributed by atoms with van der Waals surface area (Å²) in [5.74, 6) is 0. The van der Waals surface area contributed by atoms with Crippen LogP contribution in [0, 0.1) is 0 Å². The van der Waals surface area contributed by atoms with E-state index in [9.17, 15) is 0 Å². The minimum absolute atomic E-state index is 0.194. The van der Waals surface area contributed by atoms with Crippen molar-refractivity contribution in [3.8, 4) is 0 Å². The second kappa shape index (κ2) is 0.453. The monoisotopic (exact) mass is 84.1 g/mol. The van der Waals surface area contributed by atoms with E-state index in [1.54, 1.807) is 0 Å². The molecule has 0 radical (unpaired) electrons. The van der Waals surface area contributed by atoms with Crippen molar-refractivity contribution in [2.45, 2.75) is 24.5 Å². The Hall–Kier alpha value is -0.0800. The maximum atomic E-state index is 5.60. The van der Waals surface area contributed by atoms with Crippen LogP contribution < -0.4 is 11.1 Å². The summed E-state index contributed by atoms with van der Waals surface area (Å²) in [4.78, 5) is 0. The second-order valence-corrected chi connectivity index (χ2v) is 2.49. The summed E-state index contributed by atoms with van der Waals surface area (Å²) in [6.45, 7) is 2.08. The molecule has 2 nitrogen and oxygen atoms in total. The van der Waals surface area contributed by atoms with Crippen molar-refractivity contribution in [1.82, 2.24) is 5.32 Å². The van der Waals surface area contributed by atoms with Gasteiger partial charge in [-0.15, -0.1) is 0 Å². The minimum Gasteiger partial charge on any atom is -0.323 e. The highest BCUT2D eigenvalue weighted by molar-refractivity contribution is 5.37. The lowest BCUT2D eigenvalue weighted by atomic mass is 10.3. The van der Waals surface area contributed by atoms with E-state index >= 15 is 0 Å². The van der Waals surface area contributed by atoms with Crippen LogP contribution in [-0.2, 0) is 0 Å². The normalized spacial score (nSPS) is 73.0. The standard InChI is InChI=1S/C4H8N2/c1-4(5)2-3(4)6-2/h2-3,6H,5H2,1H3. The summed E-state index contributed by atoms with van der Waals surface area (Å²) in [6.07, 6.45) is 0. The maximum Gasteiger partial charge on any atom is 0.0469 e. The Balaban J connectivity index is 2.21. The zero-order chi connectivity index (χ0) is 4.36. The molecule has 1 saturated carbocycles. The van der Waals surface area contributed by atoms with E-state index in [0.717, 1.165) is 0 Å². The highest BCUT2D eigenvalue weighted by Gasteiger charge is 2.72. The lowest BCUT2D eigenvalue weighted by Crippen LogP contribution is -2.37. The first-order valence-corrected chi connectivity index (χ1v) is 2.28. The zero-order valence-corrected chi connectivity index (χ0v) is 3.73. The van der Waals surface area contributed by atoms with Gasteiger partial charge in [-0.1, -0.05) is 0 Å². The molecular formula is C4H8N2. The van der Waals surface area contributed by atoms with Gasteiger partial charge in [0.2, 0.25) is 0 Å². The Morgan fingerprint density at radius 1 is 1.67 bits per heavy atom. The SMILES string of the molecule is CC1(N)C2NC21. The van der Waals surface area contributed by atoms with E-state index in [2.05, 4.69) is 12.2 Å². The summed E-state index contributed by atoms with van der Waals surface area (Å²) >= 11 is 0. The van der Waals surface area contributed by atoms with Crippen molar-refractivity contribution >= 4 is 0 Å². The van der Waals surface area contributed by atoms with E-state index in [4.69, 9.17) is 5.73 Å². The van der Waals surface area contributed by atoms with Gasteiger partial charge in [0, 0.05) is 17.6 Å². The third kappa shape index (κ3) is 0.132. The van der Waals surface area contributed by atoms with Crippen LogP contribution in [0.25, 0.3) is 0 Å². The molecular weight excluding hydrogens is 76.1 g/mol. The zero-order valence-electron chi connectivity index (χ0n) is 3.73. The highest BCUT2D eigenvalue weighted by Crippen LogP contribution is 2.46. The fraction of sp³-hybridized carbons (Fsp3) is 1.00. The van der Waals surface area contributed by atoms with Crippen molar-refractivity contribution in [3.63, 3.8) is 0 Å². The third-order valence-electron chi connectivity index (χ3n) is 1.81. The predicted molar refractivity (Wildman–Crippen MR) is 23.3 cm³/mol. The molecule has 3 N–H and O–H groups in total. The molecule has 0 aromatic heterocycles. The van der Waals surface area contributed by atoms with E-state index in [-0.39, 0.29) is 5.54 Å². The molecule has 1 aliphatic carbocycles. The Morgan fingerprint density at radius 3 is 2.00 bits per heavy atom. The van der Waals surface area contributed by atoms with Crippen LogP contribution in [0.4, 0.5) is 0 Å². The highest BCUT2D eigenvalue weighted by atomic mass is 15.4. The van der Waals surface area contributed by atoms with Gasteiger partial charge in [-0.3, -0.25) is 0 Å². The maximum absolute atomic E-state index is 5.60. The summed E-state index contributed by atoms with van der Waals surface area (Å²) < 4.78 is 0. The molecule has 0 aromatic rings. The molecule has 2 fully saturated rings. The van der Waals surface area contributed by atoms with Crippen LogP contribution in [-0.4, -0.2) is 17.6 Å². The first-order valence-electron chi connectivity index (χ1n) is 2.28. The average molecular weight is 84.1 g/mol. The molecule has 2 aliphatic rings. The van der Waals surface area contributed by atoms with Gasteiger partial charge in [0.25, 0.3) is 0 Å². The van der Waals surface area contributed by atoms with E-state index in [0.29, 0.717) is 12.1 Å². The van der Waals surface area contributed by atoms with Gasteiger partial charge in [0.1, 0.15) is 0 Å². The predicted octanol–water partition coefficient (Wildman–Crippen LogP) is -0.942. The molecule has 6 heavy (non-hydrogen) atoms. The van der Waals surface area contributed by atoms with E-state index < -0.39 is 0 Å². The van der Waals surface area contributed by atoms with E-state index in [1.807, 2.05) is 0 Å². The third-order valence-corrected chi connectivity index (χ3v) is 1.81. The molecule has 1 saturated heterocycles. The first-order chi connectivity index (χ1) is 2.73. The number of nitrogens with one attached hydrogen (secondary N) is 1. The molecule has 0 spiro atoms. The summed E-state index contributed by atoms with van der Waals surface area (Å²) in [6, 6.07) is 1.38. The van der Waals surface area contributed by atoms with Crippen molar-refractivity contribution in [3.05, 3.63) is 0 Å². The fourth-order valence-electron chi connectivity index (χ4n) is 0.933. The van der Waals surface area contributed by atoms with Gasteiger partial charge < -0.3 is 11.1 Å². The van der Waals surface area contributed by atoms with Gasteiger partial charge in [0.15, 0.2) is 0 Å². The lowest BCUT2D eigenvalue weighted by Gasteiger charge is -2.05. The van der Waals surface area contributed by atoms with Crippen molar-refractivity contribution in [2.75, 3.05) is 0 Å². The fourth-order valence-corrected chi connectivity index (χ4v) is 0.933. The average Bonchev–Trinajstić information content (AvgIpc) is 2.13. The summed E-state index contributed by atoms with van der Waals surface area (Å²) in [5.41, 5.74) is 5.79. The molecule has 34 valence electrons. The lowest BCUT2D eigenvalue weighted by molar-refractivity contribution is 0.574. The van der Waals surface area contributed by atoms with Gasteiger partial charge in [-0.25, -0.2) is 0 Å². The van der Waals surface area contributed by atoms with Crippen LogP contribution in [0.5, 0.6) is 0 Å². The summed E-state index contributed by atoms with van der Waals surface area (Å²) in [5, 5.41) is 3.16. The molecule has 2 rings (SSSR count). The smallest absolute Gasteiger partial charge is 0.0469 e. The summed E-state index contributed by atoms with van der Waals surface area (Å²) in [7, 11) is 0. The Kier molecular flexibility index (Phi) is 0.226. The molecule has 2 unspecified atom stereocenters. The molecule has 0 amide bonds. The van der Waals surface area contributed by atoms with Crippen LogP contribution in [0.1, 0.15) is 6.92 Å². The molecule has 1 heterocycles. The number of rotatable bonds is 0. The number of nitrogens with two attached hydrogens (primary N) is 1. The van der Waals surface area contributed by atoms with Gasteiger partial charge in [0.05, 0.1) is 0 Å². The van der Waals surface area contributed by atoms with Crippen LogP contribution in [0.3, 0.4) is 0 Å². The van der Waals surface area contributed by atoms with Crippen molar-refractivity contribution in [1.29, 1.82) is 0 Å². The minimum atomic E-state index is 0.194. The van der Waals surface area contributed by atoms with Crippen LogP contribution >= 0.6 is 0 Å².